The summed E-state index contributed by atoms with van der Waals surface area (Å²) in [6.07, 6.45) is 0.612. The van der Waals surface area contributed by atoms with Crippen molar-refractivity contribution < 1.29 is 23.8 Å². The molecule has 0 spiro atoms. The fourth-order valence-electron chi connectivity index (χ4n) is 3.57. The number of rotatable bonds is 10. The molecule has 0 fully saturated rings. The van der Waals surface area contributed by atoms with E-state index in [0.29, 0.717) is 41.5 Å². The van der Waals surface area contributed by atoms with Gasteiger partial charge in [-0.15, -0.1) is 0 Å². The predicted octanol–water partition coefficient (Wildman–Crippen LogP) is 4.25. The van der Waals surface area contributed by atoms with E-state index < -0.39 is 11.8 Å². The molecule has 2 aromatic carbocycles. The van der Waals surface area contributed by atoms with Crippen molar-refractivity contribution in [3.63, 3.8) is 0 Å². The summed E-state index contributed by atoms with van der Waals surface area (Å²) >= 11 is 0. The summed E-state index contributed by atoms with van der Waals surface area (Å²) in [6, 6.07) is 11.0. The van der Waals surface area contributed by atoms with E-state index in [9.17, 15) is 19.1 Å². The highest BCUT2D eigenvalue weighted by molar-refractivity contribution is 5.93. The number of imidazole rings is 1. The zero-order valence-electron chi connectivity index (χ0n) is 19.0. The molecule has 2 N–H and O–H groups in total. The largest absolute Gasteiger partial charge is 0.495 e. The first-order chi connectivity index (χ1) is 15.8. The molecule has 1 heterocycles. The molecule has 1 amide bonds. The first-order valence-corrected chi connectivity index (χ1v) is 10.5. The quantitative estimate of drug-likeness (QED) is 0.445. The molecular formula is C24H27FN4O4. The molecular weight excluding hydrogens is 427 g/mol. The number of carboxylic acid groups (broad SMARTS) is 1. The number of benzene rings is 2. The lowest BCUT2D eigenvalue weighted by molar-refractivity contribution is -0.107. The normalized spacial score (nSPS) is 10.8. The maximum absolute atomic E-state index is 13.7. The van der Waals surface area contributed by atoms with Crippen LogP contribution < -0.4 is 15.1 Å². The standard InChI is InChI=1S/C24H27FN4O4/c1-5-26-29-22(24(31)32)21(27-23(29)15(2)3)17-8-6-16(7-9-17)13-28(14-30)19-12-18(25)10-11-20(19)33-4/h6-12,14-15,26H,5,13H2,1-4H3,(H,31,32). The second-order valence-corrected chi connectivity index (χ2v) is 7.72. The molecule has 1 aromatic heterocycles. The van der Waals surface area contributed by atoms with Crippen molar-refractivity contribution in [2.75, 3.05) is 24.0 Å². The van der Waals surface area contributed by atoms with Crippen LogP contribution in [-0.2, 0) is 11.3 Å². The number of anilines is 1. The highest BCUT2D eigenvalue weighted by Gasteiger charge is 2.25. The summed E-state index contributed by atoms with van der Waals surface area (Å²) < 4.78 is 20.5. The lowest BCUT2D eigenvalue weighted by Gasteiger charge is -2.20. The van der Waals surface area contributed by atoms with Gasteiger partial charge in [-0.1, -0.05) is 38.1 Å². The zero-order valence-corrected chi connectivity index (χ0v) is 19.0. The lowest BCUT2D eigenvalue weighted by Crippen LogP contribution is -2.22. The number of nitrogens with zero attached hydrogens (tertiary/aromatic N) is 3. The lowest BCUT2D eigenvalue weighted by atomic mass is 10.1. The number of halogens is 1. The van der Waals surface area contributed by atoms with E-state index >= 15 is 0 Å². The molecule has 3 aromatic rings. The van der Waals surface area contributed by atoms with Crippen LogP contribution in [0.5, 0.6) is 5.75 Å². The molecule has 0 aliphatic rings. The molecule has 33 heavy (non-hydrogen) atoms. The predicted molar refractivity (Wildman–Crippen MR) is 124 cm³/mol. The third-order valence-corrected chi connectivity index (χ3v) is 5.10. The van der Waals surface area contributed by atoms with Gasteiger partial charge in [-0.3, -0.25) is 4.79 Å². The van der Waals surface area contributed by atoms with Gasteiger partial charge >= 0.3 is 5.97 Å². The van der Waals surface area contributed by atoms with Crippen LogP contribution in [0.25, 0.3) is 11.3 Å². The van der Waals surface area contributed by atoms with E-state index in [1.807, 2.05) is 20.8 Å². The van der Waals surface area contributed by atoms with Gasteiger partial charge in [-0.2, -0.15) is 0 Å². The second kappa shape index (κ2) is 10.2. The van der Waals surface area contributed by atoms with Crippen LogP contribution in [0.1, 0.15) is 48.6 Å². The smallest absolute Gasteiger partial charge is 0.356 e. The fourth-order valence-corrected chi connectivity index (χ4v) is 3.57. The minimum atomic E-state index is -1.08. The molecule has 0 aliphatic heterocycles. The Morgan fingerprint density at radius 2 is 1.97 bits per heavy atom. The topological polar surface area (TPSA) is 96.7 Å². The maximum atomic E-state index is 13.7. The number of hydrogen-bond donors (Lipinski definition) is 2. The molecule has 0 saturated carbocycles. The van der Waals surface area contributed by atoms with Crippen molar-refractivity contribution >= 4 is 18.1 Å². The van der Waals surface area contributed by atoms with Gasteiger partial charge < -0.3 is 20.2 Å². The van der Waals surface area contributed by atoms with Crippen LogP contribution in [0.3, 0.4) is 0 Å². The Kier molecular flexibility index (Phi) is 7.32. The maximum Gasteiger partial charge on any atom is 0.356 e. The van der Waals surface area contributed by atoms with Crippen molar-refractivity contribution in [3.05, 3.63) is 65.4 Å². The number of aromatic carboxylic acids is 1. The first kappa shape index (κ1) is 23.8. The van der Waals surface area contributed by atoms with Crippen LogP contribution >= 0.6 is 0 Å². The summed E-state index contributed by atoms with van der Waals surface area (Å²) in [5.41, 5.74) is 5.20. The minimum Gasteiger partial charge on any atom is -0.495 e. The fraction of sp³-hybridized carbons (Fsp3) is 0.292. The Morgan fingerprint density at radius 3 is 2.52 bits per heavy atom. The Bertz CT molecular complexity index is 1140. The highest BCUT2D eigenvalue weighted by atomic mass is 19.1. The van der Waals surface area contributed by atoms with Crippen molar-refractivity contribution in [2.45, 2.75) is 33.2 Å². The molecule has 174 valence electrons. The summed E-state index contributed by atoms with van der Waals surface area (Å²) in [4.78, 5) is 29.7. The van der Waals surface area contributed by atoms with Gasteiger partial charge in [0.2, 0.25) is 6.41 Å². The van der Waals surface area contributed by atoms with Crippen molar-refractivity contribution in [1.82, 2.24) is 9.66 Å². The number of carbonyl (C=O) groups excluding carboxylic acids is 1. The van der Waals surface area contributed by atoms with Gasteiger partial charge in [0.25, 0.3) is 0 Å². The highest BCUT2D eigenvalue weighted by Crippen LogP contribution is 2.31. The SMILES string of the molecule is CCNn1c(C(C)C)nc(-c2ccc(CN(C=O)c3cc(F)ccc3OC)cc2)c1C(=O)O. The third kappa shape index (κ3) is 4.97. The third-order valence-electron chi connectivity index (χ3n) is 5.10. The molecule has 0 atom stereocenters. The minimum absolute atomic E-state index is 0.0116. The van der Waals surface area contributed by atoms with Gasteiger partial charge in [0.05, 0.1) is 19.3 Å². The summed E-state index contributed by atoms with van der Waals surface area (Å²) in [5, 5.41) is 9.84. The summed E-state index contributed by atoms with van der Waals surface area (Å²) in [5.74, 6) is -0.552. The van der Waals surface area contributed by atoms with E-state index in [1.54, 1.807) is 24.3 Å². The molecule has 3 rings (SSSR count). The van der Waals surface area contributed by atoms with E-state index in [1.165, 1.54) is 34.9 Å². The molecule has 0 bridgehead atoms. The van der Waals surface area contributed by atoms with Crippen LogP contribution in [-0.4, -0.2) is 40.8 Å². The molecule has 0 saturated heterocycles. The first-order valence-electron chi connectivity index (χ1n) is 10.5. The summed E-state index contributed by atoms with van der Waals surface area (Å²) in [6.45, 7) is 6.50. The number of nitrogens with one attached hydrogen (secondary N) is 1. The monoisotopic (exact) mass is 454 g/mol. The average molecular weight is 455 g/mol. The van der Waals surface area contributed by atoms with Crippen LogP contribution in [0.2, 0.25) is 0 Å². The number of ether oxygens (including phenoxy) is 1. The van der Waals surface area contributed by atoms with Crippen LogP contribution in [0.15, 0.2) is 42.5 Å². The van der Waals surface area contributed by atoms with Gasteiger partial charge in [0, 0.05) is 24.1 Å². The second-order valence-electron chi connectivity index (χ2n) is 7.72. The number of carboxylic acids is 1. The Balaban J connectivity index is 1.95. The van der Waals surface area contributed by atoms with Crippen molar-refractivity contribution in [3.8, 4) is 17.0 Å². The van der Waals surface area contributed by atoms with E-state index in [0.717, 1.165) is 5.56 Å². The zero-order chi connectivity index (χ0) is 24.1. The number of methoxy groups -OCH3 is 1. The van der Waals surface area contributed by atoms with Crippen LogP contribution in [0, 0.1) is 5.82 Å². The molecule has 9 heteroatoms. The Labute approximate surface area is 191 Å². The van der Waals surface area contributed by atoms with Gasteiger partial charge in [-0.05, 0) is 24.6 Å². The Morgan fingerprint density at radius 1 is 1.27 bits per heavy atom. The van der Waals surface area contributed by atoms with E-state index in [-0.39, 0.29) is 18.2 Å². The van der Waals surface area contributed by atoms with E-state index in [2.05, 4.69) is 10.4 Å². The van der Waals surface area contributed by atoms with Gasteiger partial charge in [0.1, 0.15) is 23.1 Å². The van der Waals surface area contributed by atoms with Crippen molar-refractivity contribution in [1.29, 1.82) is 0 Å². The number of hydrogen-bond acceptors (Lipinski definition) is 5. The van der Waals surface area contributed by atoms with Gasteiger partial charge in [0.15, 0.2) is 5.69 Å². The number of carbonyl (C=O) groups is 2. The molecule has 0 unspecified atom stereocenters. The van der Waals surface area contributed by atoms with Crippen LogP contribution in [0.4, 0.5) is 10.1 Å². The van der Waals surface area contributed by atoms with Gasteiger partial charge in [-0.25, -0.2) is 18.8 Å². The van der Waals surface area contributed by atoms with E-state index in [4.69, 9.17) is 4.74 Å². The molecule has 0 aliphatic carbocycles. The average Bonchev–Trinajstić information content (AvgIpc) is 3.18. The van der Waals surface area contributed by atoms with Crippen molar-refractivity contribution in [2.24, 2.45) is 0 Å². The number of amides is 1. The summed E-state index contributed by atoms with van der Waals surface area (Å²) in [7, 11) is 1.45. The number of aromatic nitrogens is 2. The molecule has 0 radical (unpaired) electrons. The molecule has 8 nitrogen and oxygen atoms in total. The Hall–Kier alpha value is -3.88.